The van der Waals surface area contributed by atoms with Crippen molar-refractivity contribution in [2.24, 2.45) is 0 Å². The number of nitrogens with zero attached hydrogens (tertiary/aromatic N) is 3. The van der Waals surface area contributed by atoms with Crippen LogP contribution in [0.4, 0.5) is 14.9 Å². The predicted octanol–water partition coefficient (Wildman–Crippen LogP) is 2.33. The molecular weight excluding hydrogens is 397 g/mol. The van der Waals surface area contributed by atoms with Crippen LogP contribution in [0, 0.1) is 5.82 Å². The van der Waals surface area contributed by atoms with E-state index in [9.17, 15) is 19.5 Å². The lowest BCUT2D eigenvalue weighted by Gasteiger charge is -2.36. The molecule has 1 fully saturated rings. The fourth-order valence-corrected chi connectivity index (χ4v) is 3.78. The highest BCUT2D eigenvalue weighted by molar-refractivity contribution is 5.99. The van der Waals surface area contributed by atoms with Crippen molar-refractivity contribution in [2.45, 2.75) is 13.8 Å². The van der Waals surface area contributed by atoms with Crippen LogP contribution in [-0.4, -0.2) is 59.4 Å². The minimum Gasteiger partial charge on any atom is -0.477 e. The minimum atomic E-state index is -1.38. The number of carboxylic acid groups (broad SMARTS) is 1. The van der Waals surface area contributed by atoms with Crippen LogP contribution in [0.3, 0.4) is 0 Å². The van der Waals surface area contributed by atoms with E-state index in [0.717, 1.165) is 6.07 Å². The van der Waals surface area contributed by atoms with E-state index in [4.69, 9.17) is 9.47 Å². The van der Waals surface area contributed by atoms with Crippen molar-refractivity contribution in [1.29, 1.82) is 0 Å². The van der Waals surface area contributed by atoms with Gasteiger partial charge in [0.1, 0.15) is 23.0 Å². The summed E-state index contributed by atoms with van der Waals surface area (Å²) in [4.78, 5) is 39.3. The first-order valence-corrected chi connectivity index (χ1v) is 9.49. The first-order chi connectivity index (χ1) is 14.3. The fraction of sp³-hybridized carbons (Fsp3) is 0.350. The number of carbonyl (C=O) groups excluding carboxylic acids is 1. The molecule has 3 heterocycles. The third kappa shape index (κ3) is 3.04. The van der Waals surface area contributed by atoms with Gasteiger partial charge in [-0.1, -0.05) is 0 Å². The molecule has 0 unspecified atom stereocenters. The predicted molar refractivity (Wildman–Crippen MR) is 107 cm³/mol. The quantitative estimate of drug-likeness (QED) is 0.818. The van der Waals surface area contributed by atoms with Gasteiger partial charge in [-0.25, -0.2) is 14.0 Å². The maximum Gasteiger partial charge on any atom is 0.409 e. The summed E-state index contributed by atoms with van der Waals surface area (Å²) >= 11 is 0. The molecule has 2 aliphatic rings. The van der Waals surface area contributed by atoms with E-state index in [1.807, 2.05) is 0 Å². The second kappa shape index (κ2) is 7.36. The molecule has 0 radical (unpaired) electrons. The minimum absolute atomic E-state index is 0.0660. The summed E-state index contributed by atoms with van der Waals surface area (Å²) in [6.45, 7) is 5.07. The zero-order valence-corrected chi connectivity index (χ0v) is 16.5. The number of aromatic carboxylic acids is 1. The summed E-state index contributed by atoms with van der Waals surface area (Å²) < 4.78 is 27.4. The van der Waals surface area contributed by atoms with Gasteiger partial charge in [0.05, 0.1) is 17.7 Å². The normalized spacial score (nSPS) is 15.6. The molecule has 0 saturated carbocycles. The average molecular weight is 417 g/mol. The molecule has 10 heteroatoms. The Morgan fingerprint density at radius 1 is 1.27 bits per heavy atom. The van der Waals surface area contributed by atoms with E-state index in [1.165, 1.54) is 17.0 Å². The number of allylic oxidation sites excluding steroid dienone is 1. The number of carboxylic acids is 1. The van der Waals surface area contributed by atoms with Crippen LogP contribution in [0.2, 0.25) is 0 Å². The molecule has 0 bridgehead atoms. The monoisotopic (exact) mass is 417 g/mol. The smallest absolute Gasteiger partial charge is 0.409 e. The highest BCUT2D eigenvalue weighted by Gasteiger charge is 2.30. The highest BCUT2D eigenvalue weighted by atomic mass is 19.1. The molecular formula is C20H20FN3O6. The van der Waals surface area contributed by atoms with Gasteiger partial charge < -0.3 is 28.9 Å². The first-order valence-electron chi connectivity index (χ1n) is 9.49. The number of halogens is 1. The average Bonchev–Trinajstić information content (AvgIpc) is 2.72. The maximum atomic E-state index is 15.2. The number of pyridine rings is 1. The van der Waals surface area contributed by atoms with Crippen LogP contribution in [0.1, 0.15) is 24.2 Å². The van der Waals surface area contributed by atoms with Crippen LogP contribution in [0.5, 0.6) is 5.75 Å². The number of aromatic nitrogens is 1. The van der Waals surface area contributed by atoms with E-state index in [0.29, 0.717) is 37.4 Å². The Bertz CT molecular complexity index is 1150. The number of carbonyl (C=O) groups is 2. The molecule has 9 nitrogen and oxygen atoms in total. The molecule has 2 aliphatic heterocycles. The van der Waals surface area contributed by atoms with Crippen LogP contribution in [0.15, 0.2) is 23.3 Å². The van der Waals surface area contributed by atoms with Crippen molar-refractivity contribution < 1.29 is 28.6 Å². The Balaban J connectivity index is 1.80. The fourth-order valence-electron chi connectivity index (χ4n) is 3.78. The third-order valence-electron chi connectivity index (χ3n) is 5.25. The molecule has 0 aliphatic carbocycles. The number of rotatable bonds is 3. The van der Waals surface area contributed by atoms with Crippen LogP contribution >= 0.6 is 0 Å². The number of benzene rings is 1. The molecule has 1 amide bonds. The molecule has 158 valence electrons. The van der Waals surface area contributed by atoms with Crippen LogP contribution in [0.25, 0.3) is 16.6 Å². The van der Waals surface area contributed by atoms with Crippen LogP contribution in [-0.2, 0) is 4.74 Å². The summed E-state index contributed by atoms with van der Waals surface area (Å²) in [5.74, 6) is -1.93. The summed E-state index contributed by atoms with van der Waals surface area (Å²) in [6, 6.07) is 1.05. The molecule has 2 aromatic rings. The third-order valence-corrected chi connectivity index (χ3v) is 5.25. The molecule has 1 N–H and O–H groups in total. The van der Waals surface area contributed by atoms with Gasteiger partial charge >= 0.3 is 12.1 Å². The van der Waals surface area contributed by atoms with Gasteiger partial charge in [0.25, 0.3) is 0 Å². The van der Waals surface area contributed by atoms with E-state index in [2.05, 4.69) is 0 Å². The van der Waals surface area contributed by atoms with E-state index < -0.39 is 28.9 Å². The molecule has 1 aromatic carbocycles. The Hall–Kier alpha value is -3.56. The Morgan fingerprint density at radius 3 is 2.60 bits per heavy atom. The summed E-state index contributed by atoms with van der Waals surface area (Å²) in [5.41, 5.74) is -0.177. The zero-order valence-electron chi connectivity index (χ0n) is 16.5. The van der Waals surface area contributed by atoms with E-state index in [1.54, 1.807) is 23.6 Å². The van der Waals surface area contributed by atoms with Gasteiger partial charge in [0, 0.05) is 32.4 Å². The number of ether oxygens (including phenoxy) is 2. The molecule has 0 atom stereocenters. The van der Waals surface area contributed by atoms with E-state index >= 15 is 4.39 Å². The number of anilines is 1. The molecule has 1 saturated heterocycles. The number of amides is 1. The molecule has 1 aromatic heterocycles. The lowest BCUT2D eigenvalue weighted by Crippen LogP contribution is -2.49. The van der Waals surface area contributed by atoms with Crippen LogP contribution < -0.4 is 15.1 Å². The van der Waals surface area contributed by atoms with Gasteiger partial charge in [0.2, 0.25) is 5.43 Å². The lowest BCUT2D eigenvalue weighted by atomic mass is 10.1. The van der Waals surface area contributed by atoms with Gasteiger partial charge in [0.15, 0.2) is 11.6 Å². The molecule has 30 heavy (non-hydrogen) atoms. The van der Waals surface area contributed by atoms with Crippen molar-refractivity contribution >= 4 is 34.3 Å². The maximum absolute atomic E-state index is 15.2. The number of hydrogen-bond acceptors (Lipinski definition) is 6. The first kappa shape index (κ1) is 19.7. The second-order valence-electron chi connectivity index (χ2n) is 7.03. The van der Waals surface area contributed by atoms with Crippen molar-refractivity contribution in [3.05, 3.63) is 40.1 Å². The van der Waals surface area contributed by atoms with E-state index in [-0.39, 0.29) is 23.4 Å². The topological polar surface area (TPSA) is 101 Å². The number of piperazine rings is 1. The summed E-state index contributed by atoms with van der Waals surface area (Å²) in [7, 11) is 0. The largest absolute Gasteiger partial charge is 0.477 e. The van der Waals surface area contributed by atoms with Gasteiger partial charge in [-0.15, -0.1) is 0 Å². The summed E-state index contributed by atoms with van der Waals surface area (Å²) in [5, 5.41) is 9.28. The SMILES string of the molecule is CCOC(=O)N1CCN(c2c(F)cc3c(=O)c(C(=O)O)cn4c3c2OC=C4C)CC1. The number of hydrogen-bond donors (Lipinski definition) is 1. The second-order valence-corrected chi connectivity index (χ2v) is 7.03. The molecule has 4 rings (SSSR count). The van der Waals surface area contributed by atoms with Gasteiger partial charge in [-0.3, -0.25) is 4.79 Å². The zero-order chi connectivity index (χ0) is 21.6. The van der Waals surface area contributed by atoms with Crippen molar-refractivity contribution in [3.8, 4) is 5.75 Å². The Labute approximate surface area is 170 Å². The standard InChI is InChI=1S/C20H20FN3O6/c1-3-29-20(28)23-6-4-22(5-7-23)16-14(21)8-12-15-18(16)30-10-11(2)24(15)9-13(17(12)25)19(26)27/h8-10H,3-7H2,1-2H3,(H,26,27). The van der Waals surface area contributed by atoms with Crippen molar-refractivity contribution in [2.75, 3.05) is 37.7 Å². The highest BCUT2D eigenvalue weighted by Crippen LogP contribution is 2.41. The lowest BCUT2D eigenvalue weighted by molar-refractivity contribution is 0.0695. The Morgan fingerprint density at radius 2 is 1.97 bits per heavy atom. The van der Waals surface area contributed by atoms with Gasteiger partial charge in [-0.2, -0.15) is 0 Å². The summed E-state index contributed by atoms with van der Waals surface area (Å²) in [6.07, 6.45) is 2.20. The molecule has 0 spiro atoms. The van der Waals surface area contributed by atoms with Crippen molar-refractivity contribution in [3.63, 3.8) is 0 Å². The van der Waals surface area contributed by atoms with Crippen molar-refractivity contribution in [1.82, 2.24) is 9.47 Å². The Kier molecular flexibility index (Phi) is 4.84. The van der Waals surface area contributed by atoms with Gasteiger partial charge in [-0.05, 0) is 19.9 Å².